The topological polar surface area (TPSA) is 118 Å². The van der Waals surface area contributed by atoms with Crippen molar-refractivity contribution in [2.45, 2.75) is 31.8 Å². The summed E-state index contributed by atoms with van der Waals surface area (Å²) in [6.07, 6.45) is 3.19. The third-order valence-electron chi connectivity index (χ3n) is 6.14. The molecule has 1 aliphatic heterocycles. The van der Waals surface area contributed by atoms with E-state index in [1.54, 1.807) is 42.5 Å². The second-order valence-electron chi connectivity index (χ2n) is 8.78. The molecule has 1 aliphatic rings. The van der Waals surface area contributed by atoms with Gasteiger partial charge in [0.2, 0.25) is 0 Å². The Morgan fingerprint density at radius 3 is 2.56 bits per heavy atom. The number of para-hydroxylation sites is 1. The summed E-state index contributed by atoms with van der Waals surface area (Å²) in [4.78, 5) is 30.5. The normalized spacial score (nSPS) is 14.6. The van der Waals surface area contributed by atoms with E-state index in [1.165, 1.54) is 6.20 Å². The Kier molecular flexibility index (Phi) is 8.53. The van der Waals surface area contributed by atoms with E-state index in [9.17, 15) is 9.59 Å². The Labute approximate surface area is 215 Å². The van der Waals surface area contributed by atoms with E-state index in [1.807, 2.05) is 19.1 Å². The number of carbonyl (C=O) groups is 2. The van der Waals surface area contributed by atoms with Gasteiger partial charge < -0.3 is 26.4 Å². The van der Waals surface area contributed by atoms with Gasteiger partial charge in [-0.3, -0.25) is 9.59 Å². The van der Waals surface area contributed by atoms with Crippen molar-refractivity contribution < 1.29 is 14.3 Å². The molecule has 36 heavy (non-hydrogen) atoms. The van der Waals surface area contributed by atoms with Crippen molar-refractivity contribution in [2.24, 2.45) is 5.73 Å². The van der Waals surface area contributed by atoms with Crippen LogP contribution < -0.4 is 26.4 Å². The minimum absolute atomic E-state index is 0.0196. The molecule has 3 aromatic rings. The standard InChI is InChI=1S/C27H30ClN5O3/c1-17(15-29)18-6-8-22(24(14-18)36-20-10-12-30-13-11-20)27(35)32-23-5-3-2-4-21(23)26(34)33-25-9-7-19(28)16-31-25/h2-9,14,16-17,20,30H,10-13,15,29H2,1H3,(H,32,35)(H,31,33,34). The van der Waals surface area contributed by atoms with Crippen LogP contribution >= 0.6 is 11.6 Å². The number of carbonyl (C=O) groups excluding carboxylic acids is 2. The number of hydrogen-bond donors (Lipinski definition) is 4. The highest BCUT2D eigenvalue weighted by Crippen LogP contribution is 2.28. The predicted octanol–water partition coefficient (Wildman–Crippen LogP) is 4.43. The molecule has 2 aromatic carbocycles. The van der Waals surface area contributed by atoms with Crippen LogP contribution in [0.3, 0.4) is 0 Å². The Hall–Kier alpha value is -3.46. The van der Waals surface area contributed by atoms with Crippen LogP contribution in [0.4, 0.5) is 11.5 Å². The quantitative estimate of drug-likeness (QED) is 0.358. The van der Waals surface area contributed by atoms with Crippen LogP contribution in [0.2, 0.25) is 5.02 Å². The molecule has 1 aromatic heterocycles. The number of pyridine rings is 1. The third kappa shape index (κ3) is 6.40. The molecule has 1 atom stereocenters. The molecule has 1 unspecified atom stereocenters. The highest BCUT2D eigenvalue weighted by molar-refractivity contribution is 6.30. The molecule has 0 bridgehead atoms. The zero-order chi connectivity index (χ0) is 25.5. The second-order valence-corrected chi connectivity index (χ2v) is 9.21. The van der Waals surface area contributed by atoms with Gasteiger partial charge in [-0.1, -0.05) is 36.7 Å². The fraction of sp³-hybridized carbons (Fsp3) is 0.296. The lowest BCUT2D eigenvalue weighted by Crippen LogP contribution is -2.34. The first-order valence-corrected chi connectivity index (χ1v) is 12.4. The molecule has 2 amide bonds. The molecule has 5 N–H and O–H groups in total. The summed E-state index contributed by atoms with van der Waals surface area (Å²) < 4.78 is 6.31. The Morgan fingerprint density at radius 1 is 1.08 bits per heavy atom. The monoisotopic (exact) mass is 507 g/mol. The van der Waals surface area contributed by atoms with E-state index in [2.05, 4.69) is 20.9 Å². The van der Waals surface area contributed by atoms with Gasteiger partial charge in [0.05, 0.1) is 21.8 Å². The number of piperidine rings is 1. The minimum Gasteiger partial charge on any atom is -0.489 e. The lowest BCUT2D eigenvalue weighted by molar-refractivity contribution is 0.101. The van der Waals surface area contributed by atoms with Gasteiger partial charge >= 0.3 is 0 Å². The van der Waals surface area contributed by atoms with Crippen LogP contribution in [0, 0.1) is 0 Å². The number of anilines is 2. The van der Waals surface area contributed by atoms with Crippen LogP contribution in [-0.2, 0) is 0 Å². The van der Waals surface area contributed by atoms with E-state index in [0.717, 1.165) is 31.5 Å². The number of nitrogens with one attached hydrogen (secondary N) is 3. The number of hydrogen-bond acceptors (Lipinski definition) is 6. The third-order valence-corrected chi connectivity index (χ3v) is 6.37. The van der Waals surface area contributed by atoms with Crippen molar-refractivity contribution in [3.63, 3.8) is 0 Å². The molecule has 1 fully saturated rings. The van der Waals surface area contributed by atoms with Crippen molar-refractivity contribution in [1.29, 1.82) is 0 Å². The SMILES string of the molecule is CC(CN)c1ccc(C(=O)Nc2ccccc2C(=O)Nc2ccc(Cl)cn2)c(OC2CCNCC2)c1. The smallest absolute Gasteiger partial charge is 0.259 e. The first-order chi connectivity index (χ1) is 17.4. The maximum atomic E-state index is 13.4. The second kappa shape index (κ2) is 12.0. The highest BCUT2D eigenvalue weighted by atomic mass is 35.5. The van der Waals surface area contributed by atoms with Crippen molar-refractivity contribution in [3.05, 3.63) is 82.5 Å². The summed E-state index contributed by atoms with van der Waals surface area (Å²) >= 11 is 5.87. The number of ether oxygens (including phenoxy) is 1. The first-order valence-electron chi connectivity index (χ1n) is 12.0. The molecule has 1 saturated heterocycles. The van der Waals surface area contributed by atoms with Crippen LogP contribution in [-0.4, -0.2) is 42.5 Å². The van der Waals surface area contributed by atoms with E-state index in [-0.39, 0.29) is 17.9 Å². The molecule has 0 saturated carbocycles. The summed E-state index contributed by atoms with van der Waals surface area (Å²) in [7, 11) is 0. The summed E-state index contributed by atoms with van der Waals surface area (Å²) in [5.41, 5.74) is 7.95. The molecule has 0 spiro atoms. The molecule has 2 heterocycles. The lowest BCUT2D eigenvalue weighted by Gasteiger charge is -2.25. The highest BCUT2D eigenvalue weighted by Gasteiger charge is 2.22. The number of rotatable bonds is 8. The van der Waals surface area contributed by atoms with Gasteiger partial charge in [-0.15, -0.1) is 0 Å². The Morgan fingerprint density at radius 2 is 1.83 bits per heavy atom. The van der Waals surface area contributed by atoms with Gasteiger partial charge in [0.15, 0.2) is 0 Å². The van der Waals surface area contributed by atoms with Gasteiger partial charge in [-0.25, -0.2) is 4.98 Å². The number of nitrogens with two attached hydrogens (primary N) is 1. The molecule has 4 rings (SSSR count). The maximum absolute atomic E-state index is 13.4. The molecule has 188 valence electrons. The van der Waals surface area contributed by atoms with Crippen LogP contribution in [0.25, 0.3) is 0 Å². The van der Waals surface area contributed by atoms with Crippen LogP contribution in [0.15, 0.2) is 60.8 Å². The van der Waals surface area contributed by atoms with Gasteiger partial charge in [-0.05, 0) is 80.4 Å². The van der Waals surface area contributed by atoms with Gasteiger partial charge in [0.25, 0.3) is 11.8 Å². The van der Waals surface area contributed by atoms with Crippen LogP contribution in [0.1, 0.15) is 52.0 Å². The van der Waals surface area contributed by atoms with Crippen molar-refractivity contribution >= 4 is 34.9 Å². The van der Waals surface area contributed by atoms with Gasteiger partial charge in [0.1, 0.15) is 17.7 Å². The van der Waals surface area contributed by atoms with E-state index in [4.69, 9.17) is 22.1 Å². The van der Waals surface area contributed by atoms with E-state index in [0.29, 0.717) is 39.9 Å². The minimum atomic E-state index is -0.404. The number of aromatic nitrogens is 1. The zero-order valence-electron chi connectivity index (χ0n) is 20.1. The predicted molar refractivity (Wildman–Crippen MR) is 142 cm³/mol. The van der Waals surface area contributed by atoms with Gasteiger partial charge in [-0.2, -0.15) is 0 Å². The Balaban J connectivity index is 1.57. The fourth-order valence-electron chi connectivity index (χ4n) is 3.97. The number of nitrogens with zero attached hydrogens (tertiary/aromatic N) is 1. The maximum Gasteiger partial charge on any atom is 0.259 e. The van der Waals surface area contributed by atoms with Crippen LogP contribution in [0.5, 0.6) is 5.75 Å². The van der Waals surface area contributed by atoms with E-state index >= 15 is 0 Å². The summed E-state index contributed by atoms with van der Waals surface area (Å²) in [5.74, 6) is 0.232. The fourth-order valence-corrected chi connectivity index (χ4v) is 4.08. The van der Waals surface area contributed by atoms with Crippen molar-refractivity contribution in [3.8, 4) is 5.75 Å². The van der Waals surface area contributed by atoms with Crippen molar-refractivity contribution in [1.82, 2.24) is 10.3 Å². The number of halogens is 1. The summed E-state index contributed by atoms with van der Waals surface area (Å²) in [6, 6.07) is 15.6. The van der Waals surface area contributed by atoms with E-state index < -0.39 is 5.91 Å². The zero-order valence-corrected chi connectivity index (χ0v) is 20.8. The molecular weight excluding hydrogens is 478 g/mol. The molecule has 9 heteroatoms. The summed E-state index contributed by atoms with van der Waals surface area (Å²) in [6.45, 7) is 4.27. The van der Waals surface area contributed by atoms with Gasteiger partial charge in [0, 0.05) is 6.20 Å². The average Bonchev–Trinajstić information content (AvgIpc) is 2.90. The lowest BCUT2D eigenvalue weighted by atomic mass is 9.98. The number of benzene rings is 2. The molecule has 8 nitrogen and oxygen atoms in total. The molecule has 0 radical (unpaired) electrons. The number of amides is 2. The average molecular weight is 508 g/mol. The largest absolute Gasteiger partial charge is 0.489 e. The molecular formula is C27H30ClN5O3. The summed E-state index contributed by atoms with van der Waals surface area (Å²) in [5, 5.41) is 9.40. The molecule has 0 aliphatic carbocycles. The Bertz CT molecular complexity index is 1210. The first kappa shape index (κ1) is 25.6. The van der Waals surface area contributed by atoms with Crippen molar-refractivity contribution in [2.75, 3.05) is 30.3 Å².